The van der Waals surface area contributed by atoms with E-state index in [1.54, 1.807) is 18.2 Å². The topological polar surface area (TPSA) is 39.1 Å². The zero-order valence-electron chi connectivity index (χ0n) is 12.3. The van der Waals surface area contributed by atoms with Crippen molar-refractivity contribution in [3.63, 3.8) is 0 Å². The maximum absolute atomic E-state index is 12.7. The summed E-state index contributed by atoms with van der Waals surface area (Å²) >= 11 is 0. The Morgan fingerprint density at radius 3 is 2.52 bits per heavy atom. The number of nitrogens with zero attached hydrogens (tertiary/aromatic N) is 2. The van der Waals surface area contributed by atoms with E-state index in [4.69, 9.17) is 0 Å². The van der Waals surface area contributed by atoms with E-state index >= 15 is 0 Å². The number of alkyl halides is 3. The fourth-order valence-corrected chi connectivity index (χ4v) is 2.10. The molecular formula is C15H20F3N3. The number of halogens is 3. The highest BCUT2D eigenvalue weighted by Crippen LogP contribution is 2.26. The fraction of sp³-hybridized carbons (Fsp3) is 0.533. The van der Waals surface area contributed by atoms with E-state index in [9.17, 15) is 18.4 Å². The number of hydrogen-bond donors (Lipinski definition) is 1. The van der Waals surface area contributed by atoms with Crippen LogP contribution in [0.25, 0.3) is 0 Å². The number of anilines is 1. The number of nitriles is 1. The molecule has 1 aromatic carbocycles. The number of nitrogens with one attached hydrogen (secondary N) is 1. The molecule has 0 amide bonds. The molecular weight excluding hydrogens is 279 g/mol. The average molecular weight is 299 g/mol. The normalized spacial score (nSPS) is 11.2. The second-order valence-corrected chi connectivity index (χ2v) is 4.78. The van der Waals surface area contributed by atoms with E-state index in [2.05, 4.69) is 5.32 Å². The third kappa shape index (κ3) is 5.64. The largest absolute Gasteiger partial charge is 0.405 e. The summed E-state index contributed by atoms with van der Waals surface area (Å²) in [7, 11) is 0. The third-order valence-corrected chi connectivity index (χ3v) is 2.96. The summed E-state index contributed by atoms with van der Waals surface area (Å²) in [5.41, 5.74) is 1.51. The van der Waals surface area contributed by atoms with Crippen LogP contribution in [-0.4, -0.2) is 25.8 Å². The van der Waals surface area contributed by atoms with E-state index in [1.807, 2.05) is 19.9 Å². The second kappa shape index (κ2) is 7.89. The number of hydrogen-bond acceptors (Lipinski definition) is 3. The Bertz CT molecular complexity index is 492. The molecule has 116 valence electrons. The Kier molecular flexibility index (Phi) is 6.50. The van der Waals surface area contributed by atoms with Crippen LogP contribution in [0.2, 0.25) is 0 Å². The molecule has 21 heavy (non-hydrogen) atoms. The molecule has 1 N–H and O–H groups in total. The SMILES string of the molecule is CCCN(CC(F)(F)F)c1ccc(CNCC)cc1C#N. The molecule has 6 heteroatoms. The minimum atomic E-state index is -4.29. The van der Waals surface area contributed by atoms with Crippen molar-refractivity contribution in [2.24, 2.45) is 0 Å². The Balaban J connectivity index is 3.05. The zero-order chi connectivity index (χ0) is 15.9. The summed E-state index contributed by atoms with van der Waals surface area (Å²) in [5, 5.41) is 12.3. The van der Waals surface area contributed by atoms with Crippen LogP contribution in [0.5, 0.6) is 0 Å². The molecule has 3 nitrogen and oxygen atoms in total. The smallest absolute Gasteiger partial charge is 0.362 e. The van der Waals surface area contributed by atoms with Gasteiger partial charge in [0.2, 0.25) is 0 Å². The van der Waals surface area contributed by atoms with Crippen molar-refractivity contribution in [2.75, 3.05) is 24.5 Å². The van der Waals surface area contributed by atoms with Gasteiger partial charge in [0, 0.05) is 13.1 Å². The Hall–Kier alpha value is -1.74. The molecule has 0 aliphatic heterocycles. The third-order valence-electron chi connectivity index (χ3n) is 2.96. The lowest BCUT2D eigenvalue weighted by molar-refractivity contribution is -0.119. The van der Waals surface area contributed by atoms with Gasteiger partial charge in [-0.1, -0.05) is 19.9 Å². The minimum absolute atomic E-state index is 0.265. The molecule has 0 unspecified atom stereocenters. The molecule has 0 saturated carbocycles. The highest BCUT2D eigenvalue weighted by molar-refractivity contribution is 5.60. The Morgan fingerprint density at radius 1 is 1.29 bits per heavy atom. The van der Waals surface area contributed by atoms with E-state index in [0.29, 0.717) is 18.7 Å². The van der Waals surface area contributed by atoms with Gasteiger partial charge < -0.3 is 10.2 Å². The van der Waals surface area contributed by atoms with Gasteiger partial charge in [0.1, 0.15) is 12.6 Å². The van der Waals surface area contributed by atoms with Crippen LogP contribution in [0.3, 0.4) is 0 Å². The molecule has 0 spiro atoms. The number of rotatable bonds is 7. The lowest BCUT2D eigenvalue weighted by Crippen LogP contribution is -2.35. The van der Waals surface area contributed by atoms with E-state index in [1.165, 1.54) is 4.90 Å². The van der Waals surface area contributed by atoms with Gasteiger partial charge >= 0.3 is 6.18 Å². The second-order valence-electron chi connectivity index (χ2n) is 4.78. The first-order valence-corrected chi connectivity index (χ1v) is 6.96. The highest BCUT2D eigenvalue weighted by atomic mass is 19.4. The molecule has 0 bridgehead atoms. The molecule has 0 atom stereocenters. The number of benzene rings is 1. The monoisotopic (exact) mass is 299 g/mol. The fourth-order valence-electron chi connectivity index (χ4n) is 2.10. The Labute approximate surface area is 123 Å². The minimum Gasteiger partial charge on any atom is -0.362 e. The molecule has 0 heterocycles. The molecule has 0 aliphatic rings. The van der Waals surface area contributed by atoms with Crippen molar-refractivity contribution in [1.29, 1.82) is 5.26 Å². The van der Waals surface area contributed by atoms with Crippen LogP contribution in [0.4, 0.5) is 18.9 Å². The van der Waals surface area contributed by atoms with Crippen LogP contribution in [0.1, 0.15) is 31.4 Å². The lowest BCUT2D eigenvalue weighted by atomic mass is 10.1. The maximum atomic E-state index is 12.7. The lowest BCUT2D eigenvalue weighted by Gasteiger charge is -2.26. The van der Waals surface area contributed by atoms with Crippen molar-refractivity contribution < 1.29 is 13.2 Å². The highest BCUT2D eigenvalue weighted by Gasteiger charge is 2.31. The van der Waals surface area contributed by atoms with Gasteiger partial charge in [0.25, 0.3) is 0 Å². The molecule has 0 aromatic heterocycles. The molecule has 0 radical (unpaired) electrons. The Morgan fingerprint density at radius 2 is 2.00 bits per heavy atom. The van der Waals surface area contributed by atoms with Gasteiger partial charge in [-0.05, 0) is 30.7 Å². The average Bonchev–Trinajstić information content (AvgIpc) is 2.43. The van der Waals surface area contributed by atoms with Crippen LogP contribution in [0, 0.1) is 11.3 Å². The first kappa shape index (κ1) is 17.3. The van der Waals surface area contributed by atoms with E-state index in [0.717, 1.165) is 12.1 Å². The van der Waals surface area contributed by atoms with Gasteiger partial charge in [-0.3, -0.25) is 0 Å². The molecule has 0 aliphatic carbocycles. The van der Waals surface area contributed by atoms with Gasteiger partial charge in [0.05, 0.1) is 11.3 Å². The van der Waals surface area contributed by atoms with Crippen LogP contribution < -0.4 is 10.2 Å². The van der Waals surface area contributed by atoms with Gasteiger partial charge in [-0.25, -0.2) is 0 Å². The molecule has 1 rings (SSSR count). The van der Waals surface area contributed by atoms with Gasteiger partial charge in [-0.2, -0.15) is 18.4 Å². The molecule has 0 saturated heterocycles. The van der Waals surface area contributed by atoms with E-state index in [-0.39, 0.29) is 12.1 Å². The maximum Gasteiger partial charge on any atom is 0.405 e. The predicted molar refractivity (Wildman–Crippen MR) is 77.1 cm³/mol. The van der Waals surface area contributed by atoms with Gasteiger partial charge in [0.15, 0.2) is 0 Å². The van der Waals surface area contributed by atoms with E-state index < -0.39 is 12.7 Å². The first-order chi connectivity index (χ1) is 9.91. The first-order valence-electron chi connectivity index (χ1n) is 6.96. The van der Waals surface area contributed by atoms with Crippen molar-refractivity contribution in [1.82, 2.24) is 5.32 Å². The summed E-state index contributed by atoms with van der Waals surface area (Å²) in [6.07, 6.45) is -3.70. The molecule has 1 aromatic rings. The van der Waals surface area contributed by atoms with Crippen molar-refractivity contribution in [3.05, 3.63) is 29.3 Å². The molecule has 0 fully saturated rings. The summed E-state index contributed by atoms with van der Waals surface area (Å²) < 4.78 is 38.0. The van der Waals surface area contributed by atoms with Crippen LogP contribution >= 0.6 is 0 Å². The summed E-state index contributed by atoms with van der Waals surface area (Å²) in [4.78, 5) is 1.22. The summed E-state index contributed by atoms with van der Waals surface area (Å²) in [5.74, 6) is 0. The standard InChI is InChI=1S/C15H20F3N3/c1-3-7-21(11-15(16,17)18)14-6-5-12(10-20-4-2)8-13(14)9-19/h5-6,8,20H,3-4,7,10-11H2,1-2H3. The summed E-state index contributed by atoms with van der Waals surface area (Å²) in [6.45, 7) is 4.39. The van der Waals surface area contributed by atoms with Crippen molar-refractivity contribution in [2.45, 2.75) is 33.0 Å². The summed E-state index contributed by atoms with van der Waals surface area (Å²) in [6, 6.07) is 7.02. The predicted octanol–water partition coefficient (Wildman–Crippen LogP) is 3.45. The van der Waals surface area contributed by atoms with Crippen molar-refractivity contribution in [3.8, 4) is 6.07 Å². The van der Waals surface area contributed by atoms with Crippen LogP contribution in [0.15, 0.2) is 18.2 Å². The zero-order valence-corrected chi connectivity index (χ0v) is 12.3. The van der Waals surface area contributed by atoms with Crippen LogP contribution in [-0.2, 0) is 6.54 Å². The van der Waals surface area contributed by atoms with Crippen molar-refractivity contribution >= 4 is 5.69 Å². The quantitative estimate of drug-likeness (QED) is 0.838. The van der Waals surface area contributed by atoms with Gasteiger partial charge in [-0.15, -0.1) is 0 Å².